The Morgan fingerprint density at radius 1 is 1.39 bits per heavy atom. The highest BCUT2D eigenvalue weighted by Crippen LogP contribution is 2.25. The van der Waals surface area contributed by atoms with E-state index in [9.17, 15) is 18.0 Å². The topological polar surface area (TPSA) is 78.8 Å². The Hall–Kier alpha value is -1.74. The summed E-state index contributed by atoms with van der Waals surface area (Å²) in [5.74, 6) is -2.25. The molecule has 0 unspecified atom stereocenters. The van der Waals surface area contributed by atoms with E-state index in [0.717, 1.165) is 18.2 Å². The van der Waals surface area contributed by atoms with Gasteiger partial charge in [-0.25, -0.2) is 0 Å². The lowest BCUT2D eigenvalue weighted by atomic mass is 9.80. The minimum Gasteiger partial charge on any atom is -0.495 e. The first-order chi connectivity index (χ1) is 8.25. The van der Waals surface area contributed by atoms with Crippen LogP contribution >= 0.6 is 0 Å². The molecule has 1 aromatic rings. The molecular weight excluding hydrogens is 254 g/mol. The summed E-state index contributed by atoms with van der Waals surface area (Å²) in [6.45, 7) is 0. The summed E-state index contributed by atoms with van der Waals surface area (Å²) in [4.78, 5) is 10.7. The van der Waals surface area contributed by atoms with E-state index in [4.69, 9.17) is 14.8 Å². The van der Waals surface area contributed by atoms with Crippen LogP contribution in [0.2, 0.25) is 0 Å². The number of carbonyl (C=O) groups is 1. The maximum Gasteiger partial charge on any atom is 0.488 e. The van der Waals surface area contributed by atoms with Gasteiger partial charge in [0.05, 0.1) is 12.8 Å². The van der Waals surface area contributed by atoms with E-state index in [1.165, 1.54) is 7.11 Å². The van der Waals surface area contributed by atoms with Crippen molar-refractivity contribution in [1.29, 1.82) is 0 Å². The summed E-state index contributed by atoms with van der Waals surface area (Å²) < 4.78 is 40.9. The van der Waals surface area contributed by atoms with Gasteiger partial charge in [0.2, 0.25) is 0 Å². The number of ether oxygens (including phenoxy) is 1. The summed E-state index contributed by atoms with van der Waals surface area (Å²) in [6.07, 6.45) is -5.01. The van der Waals surface area contributed by atoms with Gasteiger partial charge in [-0.1, -0.05) is 6.07 Å². The van der Waals surface area contributed by atoms with Crippen molar-refractivity contribution in [2.75, 3.05) is 12.4 Å². The van der Waals surface area contributed by atoms with Crippen molar-refractivity contribution in [1.82, 2.24) is 0 Å². The minimum absolute atomic E-state index is 0.0249. The van der Waals surface area contributed by atoms with Gasteiger partial charge >= 0.3 is 19.2 Å². The largest absolute Gasteiger partial charge is 0.495 e. The first-order valence-corrected chi connectivity index (χ1v) is 4.68. The van der Waals surface area contributed by atoms with Crippen LogP contribution in [0.5, 0.6) is 5.75 Å². The molecule has 1 aromatic carbocycles. The number of rotatable bonds is 3. The predicted octanol–water partition coefficient (Wildman–Crippen LogP) is -0.124. The van der Waals surface area contributed by atoms with Crippen molar-refractivity contribution >= 4 is 24.2 Å². The average molecular weight is 263 g/mol. The number of alkyl halides is 3. The summed E-state index contributed by atoms with van der Waals surface area (Å²) in [5, 5.41) is 19.4. The SMILES string of the molecule is COc1cc(B(O)O)ccc1NC(=O)C(F)(F)F. The first-order valence-electron chi connectivity index (χ1n) is 4.68. The summed E-state index contributed by atoms with van der Waals surface area (Å²) in [7, 11) is -0.613. The number of benzene rings is 1. The zero-order chi connectivity index (χ0) is 13.9. The lowest BCUT2D eigenvalue weighted by molar-refractivity contribution is -0.167. The third-order valence-electron chi connectivity index (χ3n) is 2.03. The molecule has 5 nitrogen and oxygen atoms in total. The summed E-state index contributed by atoms with van der Waals surface area (Å²) in [5.41, 5.74) is -0.193. The van der Waals surface area contributed by atoms with Crippen molar-refractivity contribution in [3.05, 3.63) is 18.2 Å². The molecule has 98 valence electrons. The number of anilines is 1. The Bertz CT molecular complexity index is 450. The molecule has 18 heavy (non-hydrogen) atoms. The van der Waals surface area contributed by atoms with Crippen LogP contribution in [0.15, 0.2) is 18.2 Å². The number of hydrogen-bond acceptors (Lipinski definition) is 4. The van der Waals surface area contributed by atoms with Gasteiger partial charge in [-0.05, 0) is 17.6 Å². The molecule has 0 aliphatic carbocycles. The lowest BCUT2D eigenvalue weighted by Crippen LogP contribution is -2.32. The number of nitrogens with one attached hydrogen (secondary N) is 1. The fraction of sp³-hybridized carbons (Fsp3) is 0.222. The molecule has 0 aromatic heterocycles. The fourth-order valence-electron chi connectivity index (χ4n) is 1.16. The van der Waals surface area contributed by atoms with Gasteiger partial charge in [0.25, 0.3) is 0 Å². The van der Waals surface area contributed by atoms with Gasteiger partial charge in [-0.2, -0.15) is 13.2 Å². The molecule has 0 aliphatic heterocycles. The zero-order valence-corrected chi connectivity index (χ0v) is 9.15. The minimum atomic E-state index is -5.01. The second-order valence-corrected chi connectivity index (χ2v) is 3.29. The second-order valence-electron chi connectivity index (χ2n) is 3.29. The van der Waals surface area contributed by atoms with Gasteiger partial charge in [0.1, 0.15) is 5.75 Å². The second kappa shape index (κ2) is 5.28. The Morgan fingerprint density at radius 3 is 2.44 bits per heavy atom. The van der Waals surface area contributed by atoms with E-state index >= 15 is 0 Å². The molecule has 0 aliphatic rings. The highest BCUT2D eigenvalue weighted by Gasteiger charge is 2.39. The molecule has 0 saturated carbocycles. The molecule has 3 N–H and O–H groups in total. The maximum atomic E-state index is 12.0. The monoisotopic (exact) mass is 263 g/mol. The molecule has 0 spiro atoms. The summed E-state index contributed by atoms with van der Waals surface area (Å²) >= 11 is 0. The van der Waals surface area contributed by atoms with Crippen LogP contribution in [-0.4, -0.2) is 36.4 Å². The molecule has 0 heterocycles. The van der Waals surface area contributed by atoms with Crippen molar-refractivity contribution < 1.29 is 32.8 Å². The number of amides is 1. The van der Waals surface area contributed by atoms with Crippen LogP contribution in [0.4, 0.5) is 18.9 Å². The molecule has 0 saturated heterocycles. The van der Waals surface area contributed by atoms with Gasteiger partial charge in [0, 0.05) is 0 Å². The summed E-state index contributed by atoms with van der Waals surface area (Å²) in [6, 6.07) is 3.34. The lowest BCUT2D eigenvalue weighted by Gasteiger charge is -2.12. The third-order valence-corrected chi connectivity index (χ3v) is 2.03. The van der Waals surface area contributed by atoms with Gasteiger partial charge in [-0.3, -0.25) is 4.79 Å². The molecular formula is C9H9BF3NO4. The molecule has 0 bridgehead atoms. The Morgan fingerprint density at radius 2 is 2.00 bits per heavy atom. The first kappa shape index (κ1) is 14.3. The van der Waals surface area contributed by atoms with Crippen molar-refractivity contribution in [3.8, 4) is 5.75 Å². The number of carbonyl (C=O) groups excluding carboxylic acids is 1. The van der Waals surface area contributed by atoms with Gasteiger partial charge in [-0.15, -0.1) is 0 Å². The molecule has 0 atom stereocenters. The molecule has 0 radical (unpaired) electrons. The van der Waals surface area contributed by atoms with E-state index in [1.54, 1.807) is 5.32 Å². The standard InChI is InChI=1S/C9H9BF3NO4/c1-18-7-4-5(10(16)17)2-3-6(7)14-8(15)9(11,12)13/h2-4,16-17H,1H3,(H,14,15). The Balaban J connectivity index is 3.00. The number of methoxy groups -OCH3 is 1. The van der Waals surface area contributed by atoms with Crippen LogP contribution in [0.1, 0.15) is 0 Å². The molecule has 9 heteroatoms. The van der Waals surface area contributed by atoms with E-state index in [0.29, 0.717) is 0 Å². The van der Waals surface area contributed by atoms with Crippen LogP contribution in [0, 0.1) is 0 Å². The van der Waals surface area contributed by atoms with Crippen LogP contribution in [0.25, 0.3) is 0 Å². The fourth-order valence-corrected chi connectivity index (χ4v) is 1.16. The zero-order valence-electron chi connectivity index (χ0n) is 9.15. The predicted molar refractivity (Wildman–Crippen MR) is 57.5 cm³/mol. The average Bonchev–Trinajstić information content (AvgIpc) is 2.27. The third kappa shape index (κ3) is 3.38. The highest BCUT2D eigenvalue weighted by atomic mass is 19.4. The maximum absolute atomic E-state index is 12.0. The normalized spacial score (nSPS) is 11.0. The van der Waals surface area contributed by atoms with Crippen molar-refractivity contribution in [2.45, 2.75) is 6.18 Å². The molecule has 1 rings (SSSR count). The van der Waals surface area contributed by atoms with E-state index in [-0.39, 0.29) is 16.9 Å². The number of halogens is 3. The van der Waals surface area contributed by atoms with Gasteiger partial charge < -0.3 is 20.1 Å². The Kier molecular flexibility index (Phi) is 4.20. The van der Waals surface area contributed by atoms with Crippen molar-refractivity contribution in [2.24, 2.45) is 0 Å². The van der Waals surface area contributed by atoms with E-state index in [1.807, 2.05) is 0 Å². The smallest absolute Gasteiger partial charge is 0.488 e. The van der Waals surface area contributed by atoms with E-state index in [2.05, 4.69) is 0 Å². The van der Waals surface area contributed by atoms with Gasteiger partial charge in [0.15, 0.2) is 0 Å². The quantitative estimate of drug-likeness (QED) is 0.664. The van der Waals surface area contributed by atoms with Crippen molar-refractivity contribution in [3.63, 3.8) is 0 Å². The molecule has 0 fully saturated rings. The Labute approximate surface area is 100 Å². The van der Waals surface area contributed by atoms with Crippen LogP contribution < -0.4 is 15.5 Å². The van der Waals surface area contributed by atoms with E-state index < -0.39 is 19.2 Å². The highest BCUT2D eigenvalue weighted by molar-refractivity contribution is 6.58. The number of hydrogen-bond donors (Lipinski definition) is 3. The molecule has 1 amide bonds. The van der Waals surface area contributed by atoms with Crippen LogP contribution in [0.3, 0.4) is 0 Å². The van der Waals surface area contributed by atoms with Crippen LogP contribution in [-0.2, 0) is 4.79 Å².